The number of carbonyl (C=O) groups is 1. The molecule has 2 rings (SSSR count). The van der Waals surface area contributed by atoms with Gasteiger partial charge in [0.2, 0.25) is 0 Å². The molecule has 1 aromatic rings. The molecule has 0 bridgehead atoms. The first-order valence-electron chi connectivity index (χ1n) is 6.45. The molecule has 0 saturated heterocycles. The van der Waals surface area contributed by atoms with Crippen LogP contribution in [-0.4, -0.2) is 44.7 Å². The number of methoxy groups -OCH3 is 2. The lowest BCUT2D eigenvalue weighted by molar-refractivity contribution is 0.0737. The van der Waals surface area contributed by atoms with E-state index in [1.165, 1.54) is 0 Å². The minimum Gasteiger partial charge on any atom is -0.497 e. The van der Waals surface area contributed by atoms with E-state index < -0.39 is 0 Å². The molecule has 1 aliphatic rings. The first-order valence-corrected chi connectivity index (χ1v) is 6.45. The van der Waals surface area contributed by atoms with Gasteiger partial charge in [-0.2, -0.15) is 0 Å². The van der Waals surface area contributed by atoms with Crippen LogP contribution in [0.2, 0.25) is 0 Å². The van der Waals surface area contributed by atoms with Gasteiger partial charge < -0.3 is 20.1 Å². The maximum absolute atomic E-state index is 12.4. The molecule has 5 nitrogen and oxygen atoms in total. The molecular formula is C14H20N2O3. The fourth-order valence-corrected chi connectivity index (χ4v) is 2.38. The normalized spacial score (nSPS) is 14.3. The summed E-state index contributed by atoms with van der Waals surface area (Å²) >= 11 is 0. The molecule has 2 N–H and O–H groups in total. The number of nitrogens with two attached hydrogens (primary N) is 1. The number of benzene rings is 1. The highest BCUT2D eigenvalue weighted by atomic mass is 16.5. The average molecular weight is 264 g/mol. The van der Waals surface area contributed by atoms with Crippen molar-refractivity contribution in [3.05, 3.63) is 23.3 Å². The minimum absolute atomic E-state index is 0.0342. The Bertz CT molecular complexity index is 474. The van der Waals surface area contributed by atoms with Crippen LogP contribution >= 0.6 is 0 Å². The number of ether oxygens (including phenoxy) is 2. The third-order valence-corrected chi connectivity index (χ3v) is 3.42. The van der Waals surface area contributed by atoms with Crippen molar-refractivity contribution in [3.8, 4) is 11.5 Å². The zero-order chi connectivity index (χ0) is 13.8. The lowest BCUT2D eigenvalue weighted by Gasteiger charge is -2.29. The molecule has 0 radical (unpaired) electrons. The maximum Gasteiger partial charge on any atom is 0.254 e. The van der Waals surface area contributed by atoms with Crippen molar-refractivity contribution >= 4 is 5.91 Å². The highest BCUT2D eigenvalue weighted by molar-refractivity contribution is 5.98. The molecule has 0 spiro atoms. The summed E-state index contributed by atoms with van der Waals surface area (Å²) in [7, 11) is 3.20. The molecular weight excluding hydrogens is 244 g/mol. The fourth-order valence-electron chi connectivity index (χ4n) is 2.38. The Kier molecular flexibility index (Phi) is 4.27. The summed E-state index contributed by atoms with van der Waals surface area (Å²) in [6.07, 6.45) is 1.63. The van der Waals surface area contributed by atoms with Crippen LogP contribution < -0.4 is 15.2 Å². The predicted octanol–water partition coefficient (Wildman–Crippen LogP) is 1.05. The Labute approximate surface area is 113 Å². The van der Waals surface area contributed by atoms with Crippen LogP contribution in [0.4, 0.5) is 0 Å². The first-order chi connectivity index (χ1) is 9.21. The summed E-state index contributed by atoms with van der Waals surface area (Å²) in [6, 6.07) is 3.61. The Morgan fingerprint density at radius 3 is 2.74 bits per heavy atom. The van der Waals surface area contributed by atoms with Gasteiger partial charge in [0.1, 0.15) is 11.5 Å². The van der Waals surface area contributed by atoms with Gasteiger partial charge in [-0.3, -0.25) is 4.79 Å². The second kappa shape index (κ2) is 5.93. The van der Waals surface area contributed by atoms with E-state index >= 15 is 0 Å². The van der Waals surface area contributed by atoms with Crippen LogP contribution in [0.3, 0.4) is 0 Å². The molecule has 19 heavy (non-hydrogen) atoms. The lowest BCUT2D eigenvalue weighted by Crippen LogP contribution is -2.39. The molecule has 1 amide bonds. The van der Waals surface area contributed by atoms with Gasteiger partial charge in [-0.25, -0.2) is 0 Å². The Morgan fingerprint density at radius 1 is 1.32 bits per heavy atom. The summed E-state index contributed by atoms with van der Waals surface area (Å²) in [6.45, 7) is 2.01. The van der Waals surface area contributed by atoms with Gasteiger partial charge in [-0.1, -0.05) is 0 Å². The molecule has 5 heteroatoms. The van der Waals surface area contributed by atoms with Crippen LogP contribution in [0.25, 0.3) is 0 Å². The topological polar surface area (TPSA) is 64.8 Å². The standard InChI is InChI=1S/C14H20N2O3/c1-18-10-8-12-11(13(9-10)19-2)4-7-16(14(12)17)6-3-5-15/h8-9H,3-7,15H2,1-2H3. The molecule has 0 saturated carbocycles. The maximum atomic E-state index is 12.4. The van der Waals surface area contributed by atoms with Crippen LogP contribution in [0.15, 0.2) is 12.1 Å². The van der Waals surface area contributed by atoms with Crippen molar-refractivity contribution in [1.29, 1.82) is 0 Å². The number of fused-ring (bicyclic) bond motifs is 1. The van der Waals surface area contributed by atoms with Gasteiger partial charge in [0, 0.05) is 24.7 Å². The van der Waals surface area contributed by atoms with E-state index in [0.29, 0.717) is 30.9 Å². The van der Waals surface area contributed by atoms with E-state index in [1.54, 1.807) is 20.3 Å². The molecule has 104 valence electrons. The highest BCUT2D eigenvalue weighted by Crippen LogP contribution is 2.32. The van der Waals surface area contributed by atoms with Gasteiger partial charge >= 0.3 is 0 Å². The van der Waals surface area contributed by atoms with Crippen molar-refractivity contribution in [3.63, 3.8) is 0 Å². The first kappa shape index (κ1) is 13.7. The number of hydrogen-bond acceptors (Lipinski definition) is 4. The number of nitrogens with zero attached hydrogens (tertiary/aromatic N) is 1. The Balaban J connectivity index is 2.33. The van der Waals surface area contributed by atoms with Gasteiger partial charge in [-0.05, 0) is 25.5 Å². The van der Waals surface area contributed by atoms with Crippen LogP contribution in [0.1, 0.15) is 22.3 Å². The Morgan fingerprint density at radius 2 is 2.11 bits per heavy atom. The van der Waals surface area contributed by atoms with Crippen molar-refractivity contribution < 1.29 is 14.3 Å². The number of amides is 1. The van der Waals surface area contributed by atoms with Gasteiger partial charge in [0.05, 0.1) is 19.8 Å². The highest BCUT2D eigenvalue weighted by Gasteiger charge is 2.27. The molecule has 0 aromatic heterocycles. The molecule has 0 fully saturated rings. The summed E-state index contributed by atoms with van der Waals surface area (Å²) in [5.41, 5.74) is 7.15. The third kappa shape index (κ3) is 2.66. The van der Waals surface area contributed by atoms with Crippen LogP contribution in [0.5, 0.6) is 11.5 Å². The number of hydrogen-bond donors (Lipinski definition) is 1. The SMILES string of the molecule is COc1cc(OC)c2c(c1)C(=O)N(CCCN)CC2. The zero-order valence-corrected chi connectivity index (χ0v) is 11.4. The van der Waals surface area contributed by atoms with Crippen molar-refractivity contribution in [2.24, 2.45) is 5.73 Å². The van der Waals surface area contributed by atoms with Crippen LogP contribution in [0, 0.1) is 0 Å². The average Bonchev–Trinajstić information content (AvgIpc) is 2.45. The quantitative estimate of drug-likeness (QED) is 0.863. The van der Waals surface area contributed by atoms with Gasteiger partial charge in [0.25, 0.3) is 5.91 Å². The summed E-state index contributed by atoms with van der Waals surface area (Å²) in [5.74, 6) is 1.40. The fraction of sp³-hybridized carbons (Fsp3) is 0.500. The van der Waals surface area contributed by atoms with E-state index in [9.17, 15) is 4.79 Å². The van der Waals surface area contributed by atoms with E-state index in [1.807, 2.05) is 11.0 Å². The second-order valence-corrected chi connectivity index (χ2v) is 4.54. The minimum atomic E-state index is 0.0342. The van der Waals surface area contributed by atoms with Gasteiger partial charge in [-0.15, -0.1) is 0 Å². The largest absolute Gasteiger partial charge is 0.497 e. The third-order valence-electron chi connectivity index (χ3n) is 3.42. The smallest absolute Gasteiger partial charge is 0.254 e. The van der Waals surface area contributed by atoms with Crippen molar-refractivity contribution in [2.45, 2.75) is 12.8 Å². The number of carbonyl (C=O) groups excluding carboxylic acids is 1. The van der Waals surface area contributed by atoms with E-state index in [-0.39, 0.29) is 5.91 Å². The summed E-state index contributed by atoms with van der Waals surface area (Å²) in [4.78, 5) is 14.3. The summed E-state index contributed by atoms with van der Waals surface area (Å²) < 4.78 is 10.6. The van der Waals surface area contributed by atoms with E-state index in [2.05, 4.69) is 0 Å². The monoisotopic (exact) mass is 264 g/mol. The zero-order valence-electron chi connectivity index (χ0n) is 11.4. The van der Waals surface area contributed by atoms with Crippen molar-refractivity contribution in [2.75, 3.05) is 33.9 Å². The van der Waals surface area contributed by atoms with Crippen LogP contribution in [-0.2, 0) is 6.42 Å². The lowest BCUT2D eigenvalue weighted by atomic mass is 9.97. The molecule has 1 aliphatic heterocycles. The molecule has 1 aromatic carbocycles. The Hall–Kier alpha value is -1.75. The molecule has 0 unspecified atom stereocenters. The predicted molar refractivity (Wildman–Crippen MR) is 72.8 cm³/mol. The number of rotatable bonds is 5. The second-order valence-electron chi connectivity index (χ2n) is 4.54. The molecule has 0 aliphatic carbocycles. The molecule has 1 heterocycles. The van der Waals surface area contributed by atoms with Crippen molar-refractivity contribution in [1.82, 2.24) is 4.90 Å². The summed E-state index contributed by atoms with van der Waals surface area (Å²) in [5, 5.41) is 0. The molecule has 0 atom stereocenters. The van der Waals surface area contributed by atoms with E-state index in [0.717, 1.165) is 24.2 Å². The van der Waals surface area contributed by atoms with E-state index in [4.69, 9.17) is 15.2 Å². The van der Waals surface area contributed by atoms with Gasteiger partial charge in [0.15, 0.2) is 0 Å².